The van der Waals surface area contributed by atoms with Crippen LogP contribution in [-0.2, 0) is 4.79 Å². The van der Waals surface area contributed by atoms with Crippen molar-refractivity contribution in [1.82, 2.24) is 10.3 Å². The number of hydrogen-bond acceptors (Lipinski definition) is 3. The number of halogens is 1. The van der Waals surface area contributed by atoms with E-state index in [0.717, 1.165) is 5.39 Å². The molecule has 5 nitrogen and oxygen atoms in total. The summed E-state index contributed by atoms with van der Waals surface area (Å²) in [5, 5.41) is 3.34. The van der Waals surface area contributed by atoms with Crippen molar-refractivity contribution in [2.24, 2.45) is 5.73 Å². The lowest BCUT2D eigenvalue weighted by molar-refractivity contribution is -0.119. The van der Waals surface area contributed by atoms with Gasteiger partial charge in [0.1, 0.15) is 6.04 Å². The highest BCUT2D eigenvalue weighted by Crippen LogP contribution is 2.17. The van der Waals surface area contributed by atoms with Crippen LogP contribution in [-0.4, -0.2) is 22.8 Å². The van der Waals surface area contributed by atoms with Gasteiger partial charge in [-0.1, -0.05) is 40.7 Å². The number of nitrogens with one attached hydrogen (secondary N) is 1. The maximum atomic E-state index is 12.4. The summed E-state index contributed by atoms with van der Waals surface area (Å²) in [6.07, 6.45) is 1.80. The van der Waals surface area contributed by atoms with Crippen LogP contribution in [0.3, 0.4) is 0 Å². The molecule has 0 aliphatic heterocycles. The summed E-state index contributed by atoms with van der Waals surface area (Å²) in [4.78, 5) is 28.0. The Hall–Kier alpha value is -2.21. The molecule has 1 heterocycles. The Morgan fingerprint density at radius 1 is 1.33 bits per heavy atom. The zero-order chi connectivity index (χ0) is 15.4. The third-order valence-electron chi connectivity index (χ3n) is 2.97. The van der Waals surface area contributed by atoms with Gasteiger partial charge in [0, 0.05) is 18.0 Å². The lowest BCUT2D eigenvalue weighted by Gasteiger charge is -2.15. The quantitative estimate of drug-likeness (QED) is 0.868. The van der Waals surface area contributed by atoms with Crippen LogP contribution in [0.15, 0.2) is 47.6 Å². The van der Waals surface area contributed by atoms with Crippen molar-refractivity contribution in [2.45, 2.75) is 12.5 Å². The molecule has 0 aliphatic carbocycles. The van der Waals surface area contributed by atoms with E-state index in [4.69, 9.17) is 5.73 Å². The third-order valence-corrected chi connectivity index (χ3v) is 3.29. The van der Waals surface area contributed by atoms with Crippen molar-refractivity contribution < 1.29 is 9.59 Å². The molecule has 108 valence electrons. The summed E-state index contributed by atoms with van der Waals surface area (Å²) < 4.78 is 0.589. The van der Waals surface area contributed by atoms with Gasteiger partial charge in [-0.15, -0.1) is 0 Å². The summed E-state index contributed by atoms with van der Waals surface area (Å²) in [5.41, 5.74) is 6.46. The molecule has 1 atom stereocenters. The molecule has 2 rings (SSSR count). The zero-order valence-corrected chi connectivity index (χ0v) is 12.8. The minimum atomic E-state index is -0.809. The van der Waals surface area contributed by atoms with Gasteiger partial charge in [0.2, 0.25) is 5.91 Å². The third kappa shape index (κ3) is 3.66. The Bertz CT molecular complexity index is 710. The fraction of sp³-hybridized carbons (Fsp3) is 0.133. The predicted molar refractivity (Wildman–Crippen MR) is 84.9 cm³/mol. The number of carbonyl (C=O) groups excluding carboxylic acids is 2. The minimum Gasteiger partial charge on any atom is -0.368 e. The number of para-hydroxylation sites is 1. The van der Waals surface area contributed by atoms with Crippen molar-refractivity contribution >= 4 is 38.6 Å². The van der Waals surface area contributed by atoms with Gasteiger partial charge in [-0.05, 0) is 16.6 Å². The topological polar surface area (TPSA) is 85.1 Å². The van der Waals surface area contributed by atoms with E-state index in [1.807, 2.05) is 18.2 Å². The van der Waals surface area contributed by atoms with E-state index < -0.39 is 11.9 Å². The van der Waals surface area contributed by atoms with E-state index in [1.54, 1.807) is 18.3 Å². The molecular weight excluding hydrogens is 334 g/mol. The average Bonchev–Trinajstić information content (AvgIpc) is 2.45. The second-order valence-electron chi connectivity index (χ2n) is 4.53. The molecule has 0 saturated heterocycles. The number of rotatable bonds is 5. The summed E-state index contributed by atoms with van der Waals surface area (Å²) in [6.45, 7) is 3.65. The number of carbonyl (C=O) groups is 2. The maximum absolute atomic E-state index is 12.4. The zero-order valence-electron chi connectivity index (χ0n) is 11.2. The van der Waals surface area contributed by atoms with Gasteiger partial charge < -0.3 is 11.1 Å². The molecule has 2 amide bonds. The highest BCUT2D eigenvalue weighted by atomic mass is 79.9. The van der Waals surface area contributed by atoms with Crippen LogP contribution < -0.4 is 11.1 Å². The van der Waals surface area contributed by atoms with Crippen LogP contribution in [0.1, 0.15) is 16.8 Å². The Morgan fingerprint density at radius 2 is 2.05 bits per heavy atom. The molecule has 0 radical (unpaired) electrons. The molecule has 0 spiro atoms. The van der Waals surface area contributed by atoms with E-state index in [9.17, 15) is 9.59 Å². The Balaban J connectivity index is 2.29. The van der Waals surface area contributed by atoms with E-state index in [1.165, 1.54) is 0 Å². The number of amides is 2. The molecule has 3 N–H and O–H groups in total. The maximum Gasteiger partial charge on any atom is 0.252 e. The SMILES string of the molecule is C=C(Br)C[C@H](NC(=O)c1ccnc2ccccc12)C(N)=O. The predicted octanol–water partition coefficient (Wildman–Crippen LogP) is 2.12. The van der Waals surface area contributed by atoms with Gasteiger partial charge in [0.15, 0.2) is 0 Å². The first-order chi connectivity index (χ1) is 9.99. The largest absolute Gasteiger partial charge is 0.368 e. The van der Waals surface area contributed by atoms with Crippen molar-refractivity contribution in [3.8, 4) is 0 Å². The van der Waals surface area contributed by atoms with Crippen LogP contribution >= 0.6 is 15.9 Å². The molecule has 6 heteroatoms. The van der Waals surface area contributed by atoms with Crippen molar-refractivity contribution in [1.29, 1.82) is 0 Å². The molecule has 0 bridgehead atoms. The average molecular weight is 348 g/mol. The molecule has 0 aliphatic rings. The first-order valence-corrected chi connectivity index (χ1v) is 7.05. The number of aromatic nitrogens is 1. The first-order valence-electron chi connectivity index (χ1n) is 6.26. The van der Waals surface area contributed by atoms with E-state index in [0.29, 0.717) is 15.6 Å². The summed E-state index contributed by atoms with van der Waals surface area (Å²) in [5.74, 6) is -0.978. The number of nitrogens with zero attached hydrogens (tertiary/aromatic N) is 1. The Morgan fingerprint density at radius 3 is 2.71 bits per heavy atom. The molecular formula is C15H14BrN3O2. The molecule has 1 aromatic heterocycles. The summed E-state index contributed by atoms with van der Waals surface area (Å²) in [7, 11) is 0. The normalized spacial score (nSPS) is 11.9. The molecule has 2 aromatic rings. The van der Waals surface area contributed by atoms with Crippen molar-refractivity contribution in [2.75, 3.05) is 0 Å². The van der Waals surface area contributed by atoms with Crippen LogP contribution in [0.5, 0.6) is 0 Å². The Labute approximate surface area is 130 Å². The molecule has 0 fully saturated rings. The smallest absolute Gasteiger partial charge is 0.252 e. The number of nitrogens with two attached hydrogens (primary N) is 1. The number of hydrogen-bond donors (Lipinski definition) is 2. The van der Waals surface area contributed by atoms with Gasteiger partial charge >= 0.3 is 0 Å². The highest BCUT2D eigenvalue weighted by Gasteiger charge is 2.20. The van der Waals surface area contributed by atoms with Gasteiger partial charge in [0.25, 0.3) is 5.91 Å². The lowest BCUT2D eigenvalue weighted by atomic mass is 10.1. The van der Waals surface area contributed by atoms with E-state index >= 15 is 0 Å². The van der Waals surface area contributed by atoms with Crippen molar-refractivity contribution in [3.63, 3.8) is 0 Å². The van der Waals surface area contributed by atoms with Crippen LogP contribution in [0, 0.1) is 0 Å². The highest BCUT2D eigenvalue weighted by molar-refractivity contribution is 9.11. The van der Waals surface area contributed by atoms with Crippen LogP contribution in [0.2, 0.25) is 0 Å². The number of pyridine rings is 1. The van der Waals surface area contributed by atoms with Crippen LogP contribution in [0.4, 0.5) is 0 Å². The Kier molecular flexibility index (Phi) is 4.70. The lowest BCUT2D eigenvalue weighted by Crippen LogP contribution is -2.44. The standard InChI is InChI=1S/C15H14BrN3O2/c1-9(16)8-13(14(17)20)19-15(21)11-6-7-18-12-5-3-2-4-10(11)12/h2-7,13H,1,8H2,(H2,17,20)(H,19,21)/t13-/m0/s1. The van der Waals surface area contributed by atoms with Crippen molar-refractivity contribution in [3.05, 3.63) is 53.2 Å². The molecule has 21 heavy (non-hydrogen) atoms. The fourth-order valence-corrected chi connectivity index (χ4v) is 2.30. The van der Waals surface area contributed by atoms with E-state index in [-0.39, 0.29) is 12.3 Å². The molecule has 0 saturated carbocycles. The molecule has 0 unspecified atom stereocenters. The number of fused-ring (bicyclic) bond motifs is 1. The van der Waals surface area contributed by atoms with Gasteiger partial charge in [-0.25, -0.2) is 0 Å². The second kappa shape index (κ2) is 6.49. The van der Waals surface area contributed by atoms with Gasteiger partial charge in [-0.2, -0.15) is 0 Å². The van der Waals surface area contributed by atoms with Gasteiger partial charge in [0.05, 0.1) is 11.1 Å². The molecule has 1 aromatic carbocycles. The number of benzene rings is 1. The first kappa shape index (κ1) is 15.2. The van der Waals surface area contributed by atoms with Gasteiger partial charge in [-0.3, -0.25) is 14.6 Å². The second-order valence-corrected chi connectivity index (χ2v) is 5.65. The number of primary amides is 1. The minimum absolute atomic E-state index is 0.240. The van der Waals surface area contributed by atoms with Crippen LogP contribution in [0.25, 0.3) is 10.9 Å². The summed E-state index contributed by atoms with van der Waals surface area (Å²) in [6, 6.07) is 8.10. The van der Waals surface area contributed by atoms with E-state index in [2.05, 4.69) is 32.8 Å². The fourth-order valence-electron chi connectivity index (χ4n) is 1.97. The monoisotopic (exact) mass is 347 g/mol. The summed E-state index contributed by atoms with van der Waals surface area (Å²) >= 11 is 3.17.